The molecule has 3 nitrogen and oxygen atoms in total. The van der Waals surface area contributed by atoms with E-state index in [0.29, 0.717) is 12.0 Å². The molecule has 12 heavy (non-hydrogen) atoms. The van der Waals surface area contributed by atoms with E-state index in [1.807, 2.05) is 13.8 Å². The fraction of sp³-hybridized carbons (Fsp3) is 0.889. The van der Waals surface area contributed by atoms with Crippen LogP contribution in [0.5, 0.6) is 0 Å². The van der Waals surface area contributed by atoms with Gasteiger partial charge in [-0.1, -0.05) is 13.8 Å². The molecule has 0 spiro atoms. The van der Waals surface area contributed by atoms with E-state index in [9.17, 15) is 4.79 Å². The number of nitrogens with one attached hydrogen (secondary N) is 1. The zero-order valence-corrected chi connectivity index (χ0v) is 7.96. The Balaban J connectivity index is 2.41. The van der Waals surface area contributed by atoms with Crippen molar-refractivity contribution >= 4 is 5.97 Å². The molecule has 1 aliphatic rings. The van der Waals surface area contributed by atoms with Crippen LogP contribution in [0, 0.1) is 5.92 Å². The van der Waals surface area contributed by atoms with Gasteiger partial charge in [0.15, 0.2) is 0 Å². The molecular formula is C9H17NO2. The Bertz CT molecular complexity index is 164. The second-order valence-corrected chi connectivity index (χ2v) is 3.69. The molecule has 0 radical (unpaired) electrons. The molecule has 0 aromatic carbocycles. The molecule has 70 valence electrons. The maximum Gasteiger partial charge on any atom is 0.323 e. The summed E-state index contributed by atoms with van der Waals surface area (Å²) in [6, 6.07) is 0.430. The predicted octanol–water partition coefficient (Wildman–Crippen LogP) is 0.936. The minimum absolute atomic E-state index is 0.123. The van der Waals surface area contributed by atoms with E-state index in [4.69, 9.17) is 4.74 Å². The Morgan fingerprint density at radius 1 is 1.50 bits per heavy atom. The lowest BCUT2D eigenvalue weighted by Crippen LogP contribution is -2.42. The highest BCUT2D eigenvalue weighted by molar-refractivity contribution is 5.76. The fourth-order valence-electron chi connectivity index (χ4n) is 1.16. The van der Waals surface area contributed by atoms with Crippen molar-refractivity contribution in [3.63, 3.8) is 0 Å². The van der Waals surface area contributed by atoms with E-state index in [2.05, 4.69) is 5.32 Å². The molecule has 1 aliphatic carbocycles. The second kappa shape index (κ2) is 3.90. The summed E-state index contributed by atoms with van der Waals surface area (Å²) in [5.74, 6) is 0.162. The first-order chi connectivity index (χ1) is 5.65. The minimum Gasteiger partial charge on any atom is -0.468 e. The van der Waals surface area contributed by atoms with Gasteiger partial charge in [-0.15, -0.1) is 0 Å². The second-order valence-electron chi connectivity index (χ2n) is 3.69. The summed E-state index contributed by atoms with van der Waals surface area (Å²) in [7, 11) is 1.44. The molecule has 0 bridgehead atoms. The van der Waals surface area contributed by atoms with Crippen molar-refractivity contribution in [1.82, 2.24) is 5.32 Å². The van der Waals surface area contributed by atoms with Crippen LogP contribution < -0.4 is 5.32 Å². The lowest BCUT2D eigenvalue weighted by atomic mass is 10.0. The quantitative estimate of drug-likeness (QED) is 0.640. The van der Waals surface area contributed by atoms with Gasteiger partial charge in [-0.2, -0.15) is 0 Å². The summed E-state index contributed by atoms with van der Waals surface area (Å²) in [5.41, 5.74) is 0. The van der Waals surface area contributed by atoms with E-state index in [1.54, 1.807) is 0 Å². The molecule has 1 N–H and O–H groups in total. The molecule has 1 rings (SSSR count). The summed E-state index contributed by atoms with van der Waals surface area (Å²) in [5, 5.41) is 3.27. The van der Waals surface area contributed by atoms with Crippen molar-refractivity contribution in [3.8, 4) is 0 Å². The van der Waals surface area contributed by atoms with Crippen LogP contribution in [0.4, 0.5) is 0 Å². The minimum atomic E-state index is -0.142. The predicted molar refractivity (Wildman–Crippen MR) is 46.8 cm³/mol. The van der Waals surface area contributed by atoms with E-state index in [0.717, 1.165) is 0 Å². The first-order valence-electron chi connectivity index (χ1n) is 4.49. The van der Waals surface area contributed by atoms with Gasteiger partial charge in [0.25, 0.3) is 0 Å². The van der Waals surface area contributed by atoms with Gasteiger partial charge in [0.05, 0.1) is 7.11 Å². The van der Waals surface area contributed by atoms with Gasteiger partial charge in [0.2, 0.25) is 0 Å². The number of hydrogen-bond acceptors (Lipinski definition) is 3. The number of ether oxygens (including phenoxy) is 1. The third-order valence-corrected chi connectivity index (χ3v) is 2.11. The molecular weight excluding hydrogens is 154 g/mol. The van der Waals surface area contributed by atoms with Gasteiger partial charge in [-0.25, -0.2) is 0 Å². The number of carbonyl (C=O) groups excluding carboxylic acids is 1. The van der Waals surface area contributed by atoms with Gasteiger partial charge in [0.1, 0.15) is 6.04 Å². The van der Waals surface area contributed by atoms with E-state index in [-0.39, 0.29) is 12.0 Å². The Kier molecular flexibility index (Phi) is 3.09. The molecule has 1 atom stereocenters. The van der Waals surface area contributed by atoms with Crippen LogP contribution in [-0.4, -0.2) is 25.2 Å². The van der Waals surface area contributed by atoms with Crippen molar-refractivity contribution in [2.45, 2.75) is 38.8 Å². The highest BCUT2D eigenvalue weighted by Crippen LogP contribution is 2.21. The SMILES string of the molecule is COC(=O)[C@@H](NC1CC1)C(C)C. The average Bonchev–Trinajstić information content (AvgIpc) is 2.81. The molecule has 0 heterocycles. The van der Waals surface area contributed by atoms with E-state index in [1.165, 1.54) is 20.0 Å². The lowest BCUT2D eigenvalue weighted by molar-refractivity contribution is -0.144. The van der Waals surface area contributed by atoms with Crippen LogP contribution in [-0.2, 0) is 9.53 Å². The molecule has 3 heteroatoms. The molecule has 1 fully saturated rings. The van der Waals surface area contributed by atoms with Crippen LogP contribution >= 0.6 is 0 Å². The van der Waals surface area contributed by atoms with Gasteiger partial charge >= 0.3 is 5.97 Å². The van der Waals surface area contributed by atoms with Crippen LogP contribution in [0.3, 0.4) is 0 Å². The Morgan fingerprint density at radius 3 is 2.42 bits per heavy atom. The van der Waals surface area contributed by atoms with Crippen LogP contribution in [0.2, 0.25) is 0 Å². The average molecular weight is 171 g/mol. The molecule has 0 aromatic heterocycles. The molecule has 1 saturated carbocycles. The van der Waals surface area contributed by atoms with Gasteiger partial charge in [0, 0.05) is 6.04 Å². The maximum atomic E-state index is 11.2. The molecule has 0 aliphatic heterocycles. The summed E-state index contributed by atoms with van der Waals surface area (Å²) < 4.78 is 4.70. The summed E-state index contributed by atoms with van der Waals surface area (Å²) >= 11 is 0. The molecule has 0 unspecified atom stereocenters. The third kappa shape index (κ3) is 2.48. The largest absolute Gasteiger partial charge is 0.468 e. The van der Waals surface area contributed by atoms with Crippen molar-refractivity contribution < 1.29 is 9.53 Å². The zero-order chi connectivity index (χ0) is 9.14. The Hall–Kier alpha value is -0.570. The van der Waals surface area contributed by atoms with Gasteiger partial charge < -0.3 is 10.1 Å². The van der Waals surface area contributed by atoms with Crippen molar-refractivity contribution in [3.05, 3.63) is 0 Å². The number of esters is 1. The number of hydrogen-bond donors (Lipinski definition) is 1. The molecule has 0 amide bonds. The third-order valence-electron chi connectivity index (χ3n) is 2.11. The van der Waals surface area contributed by atoms with Crippen molar-refractivity contribution in [2.75, 3.05) is 7.11 Å². The standard InChI is InChI=1S/C9H17NO2/c1-6(2)8(9(11)12-3)10-7-4-5-7/h6-8,10H,4-5H2,1-3H3/t8-/m0/s1. The highest BCUT2D eigenvalue weighted by Gasteiger charge is 2.30. The van der Waals surface area contributed by atoms with Gasteiger partial charge in [-0.3, -0.25) is 4.79 Å². The fourth-order valence-corrected chi connectivity index (χ4v) is 1.16. The Morgan fingerprint density at radius 2 is 2.08 bits per heavy atom. The van der Waals surface area contributed by atoms with Gasteiger partial charge in [-0.05, 0) is 18.8 Å². The number of rotatable bonds is 4. The maximum absolute atomic E-state index is 11.2. The smallest absolute Gasteiger partial charge is 0.323 e. The number of carbonyl (C=O) groups is 1. The highest BCUT2D eigenvalue weighted by atomic mass is 16.5. The first-order valence-corrected chi connectivity index (χ1v) is 4.49. The van der Waals surface area contributed by atoms with E-state index >= 15 is 0 Å². The molecule has 0 aromatic rings. The van der Waals surface area contributed by atoms with Crippen LogP contribution in [0.15, 0.2) is 0 Å². The van der Waals surface area contributed by atoms with E-state index < -0.39 is 0 Å². The normalized spacial score (nSPS) is 19.3. The first kappa shape index (κ1) is 9.52. The van der Waals surface area contributed by atoms with Crippen molar-refractivity contribution in [2.24, 2.45) is 5.92 Å². The topological polar surface area (TPSA) is 38.3 Å². The molecule has 0 saturated heterocycles. The summed E-state index contributed by atoms with van der Waals surface area (Å²) in [4.78, 5) is 11.2. The zero-order valence-electron chi connectivity index (χ0n) is 7.96. The summed E-state index contributed by atoms with van der Waals surface area (Å²) in [6.45, 7) is 4.05. The van der Waals surface area contributed by atoms with Crippen molar-refractivity contribution in [1.29, 1.82) is 0 Å². The lowest BCUT2D eigenvalue weighted by Gasteiger charge is -2.19. The Labute approximate surface area is 73.5 Å². The monoisotopic (exact) mass is 171 g/mol. The number of methoxy groups -OCH3 is 1. The summed E-state index contributed by atoms with van der Waals surface area (Å²) in [6.07, 6.45) is 2.39. The van der Waals surface area contributed by atoms with Crippen LogP contribution in [0.25, 0.3) is 0 Å². The van der Waals surface area contributed by atoms with Crippen LogP contribution in [0.1, 0.15) is 26.7 Å².